The van der Waals surface area contributed by atoms with E-state index in [1.807, 2.05) is 36.4 Å². The van der Waals surface area contributed by atoms with Crippen molar-refractivity contribution in [2.75, 3.05) is 0 Å². The molecule has 0 aromatic heterocycles. The maximum absolute atomic E-state index is 6.28. The minimum Gasteiger partial charge on any atom is -0.369 e. The van der Waals surface area contributed by atoms with Crippen LogP contribution in [0.4, 0.5) is 0 Å². The lowest BCUT2D eigenvalue weighted by Gasteiger charge is -2.19. The van der Waals surface area contributed by atoms with Crippen molar-refractivity contribution in [1.29, 1.82) is 0 Å². The van der Waals surface area contributed by atoms with Crippen molar-refractivity contribution in [1.82, 2.24) is 0 Å². The molecule has 0 aliphatic carbocycles. The van der Waals surface area contributed by atoms with Crippen molar-refractivity contribution < 1.29 is 4.74 Å². The average molecular weight is 344 g/mol. The molecular formula is C17H17Cl3O. The molecule has 0 spiro atoms. The van der Waals surface area contributed by atoms with Gasteiger partial charge in [-0.3, -0.25) is 0 Å². The van der Waals surface area contributed by atoms with E-state index in [0.29, 0.717) is 16.7 Å². The normalized spacial score (nSPS) is 12.4. The van der Waals surface area contributed by atoms with Gasteiger partial charge in [-0.05, 0) is 41.8 Å². The lowest BCUT2D eigenvalue weighted by molar-refractivity contribution is 0.0335. The summed E-state index contributed by atoms with van der Waals surface area (Å²) in [5.41, 5.74) is 2.07. The summed E-state index contributed by atoms with van der Waals surface area (Å²) in [6.45, 7) is 2.66. The summed E-state index contributed by atoms with van der Waals surface area (Å²) in [5.74, 6) is 0. The van der Waals surface area contributed by atoms with Crippen molar-refractivity contribution >= 4 is 34.8 Å². The Hall–Kier alpha value is -0.730. The monoisotopic (exact) mass is 342 g/mol. The van der Waals surface area contributed by atoms with Crippen LogP contribution in [0.2, 0.25) is 15.1 Å². The van der Waals surface area contributed by atoms with E-state index in [1.165, 1.54) is 0 Å². The minimum absolute atomic E-state index is 0.0320. The minimum atomic E-state index is -0.0320. The Morgan fingerprint density at radius 3 is 2.24 bits per heavy atom. The highest BCUT2D eigenvalue weighted by atomic mass is 35.5. The number of ether oxygens (including phenoxy) is 1. The predicted molar refractivity (Wildman–Crippen MR) is 90.4 cm³/mol. The second kappa shape index (κ2) is 8.05. The second-order valence-electron chi connectivity index (χ2n) is 4.88. The van der Waals surface area contributed by atoms with Crippen molar-refractivity contribution in [2.24, 2.45) is 0 Å². The Balaban J connectivity index is 2.09. The van der Waals surface area contributed by atoms with Crippen LogP contribution in [0.25, 0.3) is 0 Å². The number of hydrogen-bond donors (Lipinski definition) is 0. The van der Waals surface area contributed by atoms with E-state index in [4.69, 9.17) is 39.5 Å². The maximum atomic E-state index is 6.28. The first-order valence-electron chi connectivity index (χ1n) is 6.91. The van der Waals surface area contributed by atoms with Crippen molar-refractivity contribution in [3.8, 4) is 0 Å². The topological polar surface area (TPSA) is 9.23 Å². The number of benzene rings is 2. The molecular weight excluding hydrogens is 327 g/mol. The van der Waals surface area contributed by atoms with Crippen LogP contribution in [-0.4, -0.2) is 0 Å². The summed E-state index contributed by atoms with van der Waals surface area (Å²) in [5, 5.41) is 2.01. The Labute approximate surface area is 140 Å². The molecule has 1 atom stereocenters. The fourth-order valence-corrected chi connectivity index (χ4v) is 2.79. The van der Waals surface area contributed by atoms with Gasteiger partial charge in [0.1, 0.15) is 0 Å². The molecule has 0 aliphatic heterocycles. The van der Waals surface area contributed by atoms with E-state index in [2.05, 4.69) is 6.92 Å². The summed E-state index contributed by atoms with van der Waals surface area (Å²) >= 11 is 18.1. The molecule has 0 saturated carbocycles. The molecule has 0 fully saturated rings. The van der Waals surface area contributed by atoms with Gasteiger partial charge in [-0.15, -0.1) is 0 Å². The van der Waals surface area contributed by atoms with Gasteiger partial charge in [0, 0.05) is 15.1 Å². The van der Waals surface area contributed by atoms with Gasteiger partial charge >= 0.3 is 0 Å². The highest BCUT2D eigenvalue weighted by Crippen LogP contribution is 2.32. The molecule has 0 N–H and O–H groups in total. The zero-order valence-electron chi connectivity index (χ0n) is 11.8. The third-order valence-electron chi connectivity index (χ3n) is 3.22. The molecule has 2 aromatic carbocycles. The van der Waals surface area contributed by atoms with Crippen LogP contribution < -0.4 is 0 Å². The van der Waals surface area contributed by atoms with E-state index >= 15 is 0 Å². The van der Waals surface area contributed by atoms with Gasteiger partial charge in [-0.2, -0.15) is 0 Å². The third-order valence-corrected chi connectivity index (χ3v) is 4.04. The first-order valence-corrected chi connectivity index (χ1v) is 8.04. The second-order valence-corrected chi connectivity index (χ2v) is 6.16. The molecule has 112 valence electrons. The summed E-state index contributed by atoms with van der Waals surface area (Å²) in [7, 11) is 0. The molecule has 0 aliphatic rings. The summed E-state index contributed by atoms with van der Waals surface area (Å²) < 4.78 is 6.04. The van der Waals surface area contributed by atoms with Crippen molar-refractivity contribution in [2.45, 2.75) is 32.5 Å². The summed E-state index contributed by atoms with van der Waals surface area (Å²) in [6, 6.07) is 13.2. The molecule has 21 heavy (non-hydrogen) atoms. The van der Waals surface area contributed by atoms with Gasteiger partial charge in [0.25, 0.3) is 0 Å². The predicted octanol–water partition coefficient (Wildman–Crippen LogP) is 6.70. The molecule has 0 saturated heterocycles. The van der Waals surface area contributed by atoms with Crippen LogP contribution in [0.3, 0.4) is 0 Å². The lowest BCUT2D eigenvalue weighted by atomic mass is 10.0. The van der Waals surface area contributed by atoms with E-state index in [-0.39, 0.29) is 6.10 Å². The molecule has 0 radical (unpaired) electrons. The van der Waals surface area contributed by atoms with Gasteiger partial charge in [-0.25, -0.2) is 0 Å². The van der Waals surface area contributed by atoms with E-state index in [1.54, 1.807) is 6.07 Å². The third kappa shape index (κ3) is 4.89. The van der Waals surface area contributed by atoms with Crippen LogP contribution in [0.1, 0.15) is 37.0 Å². The van der Waals surface area contributed by atoms with Crippen LogP contribution >= 0.6 is 34.8 Å². The lowest BCUT2D eigenvalue weighted by Crippen LogP contribution is -2.05. The Morgan fingerprint density at radius 2 is 1.62 bits per heavy atom. The van der Waals surface area contributed by atoms with Gasteiger partial charge in [-0.1, -0.05) is 66.3 Å². The van der Waals surface area contributed by atoms with E-state index in [0.717, 1.165) is 29.0 Å². The van der Waals surface area contributed by atoms with Crippen LogP contribution in [0.5, 0.6) is 0 Å². The number of rotatable bonds is 6. The Bertz CT molecular complexity index is 581. The SMILES string of the molecule is CCCC(OCc1ccc(Cl)cc1)c1ccc(Cl)cc1Cl. The molecule has 4 heteroatoms. The molecule has 0 bridgehead atoms. The summed E-state index contributed by atoms with van der Waals surface area (Å²) in [6.07, 6.45) is 1.90. The molecule has 1 nitrogen and oxygen atoms in total. The molecule has 0 heterocycles. The maximum Gasteiger partial charge on any atom is 0.0843 e. The Kier molecular flexibility index (Phi) is 6.38. The van der Waals surface area contributed by atoms with E-state index in [9.17, 15) is 0 Å². The van der Waals surface area contributed by atoms with Crippen LogP contribution in [0, 0.1) is 0 Å². The van der Waals surface area contributed by atoms with Crippen LogP contribution in [0.15, 0.2) is 42.5 Å². The Morgan fingerprint density at radius 1 is 0.952 bits per heavy atom. The zero-order chi connectivity index (χ0) is 15.2. The van der Waals surface area contributed by atoms with Crippen molar-refractivity contribution in [3.63, 3.8) is 0 Å². The molecule has 1 unspecified atom stereocenters. The first kappa shape index (κ1) is 16.6. The quantitative estimate of drug-likeness (QED) is 0.566. The standard InChI is InChI=1S/C17H17Cl3O/c1-2-3-17(15-9-8-14(19)10-16(15)20)21-11-12-4-6-13(18)7-5-12/h4-10,17H,2-3,11H2,1H3. The van der Waals surface area contributed by atoms with Crippen molar-refractivity contribution in [3.05, 3.63) is 68.7 Å². The zero-order valence-corrected chi connectivity index (χ0v) is 14.1. The molecule has 2 aromatic rings. The number of hydrogen-bond acceptors (Lipinski definition) is 1. The summed E-state index contributed by atoms with van der Waals surface area (Å²) in [4.78, 5) is 0. The van der Waals surface area contributed by atoms with E-state index < -0.39 is 0 Å². The van der Waals surface area contributed by atoms with Gasteiger partial charge in [0.05, 0.1) is 12.7 Å². The molecule has 0 amide bonds. The average Bonchev–Trinajstić information content (AvgIpc) is 2.46. The van der Waals surface area contributed by atoms with Gasteiger partial charge in [0.15, 0.2) is 0 Å². The molecule has 2 rings (SSSR count). The fourth-order valence-electron chi connectivity index (χ4n) is 2.13. The van der Waals surface area contributed by atoms with Crippen LogP contribution in [-0.2, 0) is 11.3 Å². The fraction of sp³-hybridized carbons (Fsp3) is 0.294. The highest BCUT2D eigenvalue weighted by molar-refractivity contribution is 6.35. The highest BCUT2D eigenvalue weighted by Gasteiger charge is 2.15. The largest absolute Gasteiger partial charge is 0.369 e. The van der Waals surface area contributed by atoms with Gasteiger partial charge < -0.3 is 4.74 Å². The first-order chi connectivity index (χ1) is 10.1. The van der Waals surface area contributed by atoms with Gasteiger partial charge in [0.2, 0.25) is 0 Å². The number of halogens is 3. The smallest absolute Gasteiger partial charge is 0.0843 e.